The molecular formula is C36H62NO7+. The molecule has 0 amide bonds. The van der Waals surface area contributed by atoms with Gasteiger partial charge in [-0.05, 0) is 44.9 Å². The fourth-order valence-corrected chi connectivity index (χ4v) is 4.51. The molecule has 0 fully saturated rings. The van der Waals surface area contributed by atoms with E-state index in [-0.39, 0.29) is 30.3 Å². The van der Waals surface area contributed by atoms with Gasteiger partial charge in [0.15, 0.2) is 12.1 Å². The van der Waals surface area contributed by atoms with Crippen molar-refractivity contribution >= 4 is 17.9 Å². The predicted molar refractivity (Wildman–Crippen MR) is 178 cm³/mol. The Labute approximate surface area is 267 Å². The molecule has 0 aromatic heterocycles. The van der Waals surface area contributed by atoms with Crippen molar-refractivity contribution < 1.29 is 38.2 Å². The Balaban J connectivity index is 3.92. The van der Waals surface area contributed by atoms with Crippen molar-refractivity contribution in [1.29, 1.82) is 0 Å². The molecule has 0 radical (unpaired) electrons. The van der Waals surface area contributed by atoms with Gasteiger partial charge in [-0.25, -0.2) is 4.79 Å². The van der Waals surface area contributed by atoms with Gasteiger partial charge in [0, 0.05) is 19.8 Å². The molecule has 0 saturated heterocycles. The summed E-state index contributed by atoms with van der Waals surface area (Å²) in [5.41, 5.74) is 0. The van der Waals surface area contributed by atoms with Crippen molar-refractivity contribution in [2.45, 2.75) is 122 Å². The molecule has 2 atom stereocenters. The third-order valence-electron chi connectivity index (χ3n) is 7.05. The lowest BCUT2D eigenvalue weighted by molar-refractivity contribution is -0.887. The molecule has 0 heterocycles. The Kier molecular flexibility index (Phi) is 26.1. The number of likely N-dealkylation sites (N-methyl/N-ethyl adjacent to an activating group) is 1. The number of carbonyl (C=O) groups is 3. The first-order chi connectivity index (χ1) is 21.1. The summed E-state index contributed by atoms with van der Waals surface area (Å²) in [4.78, 5) is 35.1. The van der Waals surface area contributed by atoms with Crippen molar-refractivity contribution in [2.24, 2.45) is 0 Å². The molecule has 1 N–H and O–H groups in total. The lowest BCUT2D eigenvalue weighted by atomic mass is 10.1. The van der Waals surface area contributed by atoms with Crippen LogP contribution in [0.3, 0.4) is 0 Å². The van der Waals surface area contributed by atoms with Crippen molar-refractivity contribution in [1.82, 2.24) is 0 Å². The molecule has 0 bridgehead atoms. The van der Waals surface area contributed by atoms with Crippen LogP contribution in [0.25, 0.3) is 0 Å². The van der Waals surface area contributed by atoms with E-state index in [2.05, 4.69) is 55.5 Å². The SMILES string of the molecule is CC/C=C\C/C=C\C/C=C\C/C=C\CCCCCCCCCCC(=O)OC(COCCC(C(=O)O)[N+](C)(C)C)COC(C)=O. The van der Waals surface area contributed by atoms with Crippen molar-refractivity contribution in [3.05, 3.63) is 48.6 Å². The number of hydrogen-bond acceptors (Lipinski definition) is 6. The number of allylic oxidation sites excluding steroid dienone is 8. The monoisotopic (exact) mass is 620 g/mol. The maximum atomic E-state index is 12.3. The molecular weight excluding hydrogens is 558 g/mol. The van der Waals surface area contributed by atoms with Crippen LogP contribution in [0.5, 0.6) is 0 Å². The van der Waals surface area contributed by atoms with Crippen LogP contribution >= 0.6 is 0 Å². The summed E-state index contributed by atoms with van der Waals surface area (Å²) in [6.07, 6.45) is 32.0. The molecule has 0 saturated carbocycles. The highest BCUT2D eigenvalue weighted by Crippen LogP contribution is 2.13. The number of carboxylic acids is 1. The van der Waals surface area contributed by atoms with Crippen molar-refractivity contribution in [3.63, 3.8) is 0 Å². The smallest absolute Gasteiger partial charge is 0.362 e. The second kappa shape index (κ2) is 27.8. The first-order valence-electron chi connectivity index (χ1n) is 16.6. The topological polar surface area (TPSA) is 99.1 Å². The first kappa shape index (κ1) is 41.3. The third kappa shape index (κ3) is 26.9. The lowest BCUT2D eigenvalue weighted by Crippen LogP contribution is -2.50. The van der Waals surface area contributed by atoms with Gasteiger partial charge < -0.3 is 23.8 Å². The highest BCUT2D eigenvalue weighted by atomic mass is 16.6. The maximum absolute atomic E-state index is 12.3. The third-order valence-corrected chi connectivity index (χ3v) is 7.05. The van der Waals surface area contributed by atoms with Crippen LogP contribution in [0.15, 0.2) is 48.6 Å². The van der Waals surface area contributed by atoms with E-state index in [9.17, 15) is 19.5 Å². The molecule has 0 aromatic rings. The van der Waals surface area contributed by atoms with Crippen LogP contribution in [0.2, 0.25) is 0 Å². The number of carboxylic acid groups (broad SMARTS) is 1. The second-order valence-electron chi connectivity index (χ2n) is 12.1. The van der Waals surface area contributed by atoms with Gasteiger partial charge in [-0.15, -0.1) is 0 Å². The molecule has 2 unspecified atom stereocenters. The minimum absolute atomic E-state index is 0.0464. The number of rotatable bonds is 28. The number of quaternary nitrogens is 1. The van der Waals surface area contributed by atoms with Gasteiger partial charge in [0.05, 0.1) is 34.4 Å². The number of esters is 2. The molecule has 0 aliphatic heterocycles. The predicted octanol–water partition coefficient (Wildman–Crippen LogP) is 7.73. The average Bonchev–Trinajstić information content (AvgIpc) is 2.95. The van der Waals surface area contributed by atoms with E-state index in [1.54, 1.807) is 0 Å². The summed E-state index contributed by atoms with van der Waals surface area (Å²) in [7, 11) is 5.46. The fourth-order valence-electron chi connectivity index (χ4n) is 4.51. The van der Waals surface area contributed by atoms with Crippen LogP contribution in [0.4, 0.5) is 0 Å². The van der Waals surface area contributed by atoms with Gasteiger partial charge in [0.2, 0.25) is 0 Å². The summed E-state index contributed by atoms with van der Waals surface area (Å²) in [6, 6.07) is -0.611. The average molecular weight is 621 g/mol. The summed E-state index contributed by atoms with van der Waals surface area (Å²) < 4.78 is 16.4. The van der Waals surface area contributed by atoms with Gasteiger partial charge in [-0.1, -0.05) is 94.1 Å². The van der Waals surface area contributed by atoms with Gasteiger partial charge in [-0.2, -0.15) is 0 Å². The van der Waals surface area contributed by atoms with Gasteiger partial charge in [0.1, 0.15) is 6.61 Å². The number of hydrogen-bond donors (Lipinski definition) is 1. The zero-order valence-corrected chi connectivity index (χ0v) is 28.3. The number of aliphatic carboxylic acids is 1. The van der Waals surface area contributed by atoms with Crippen LogP contribution in [0.1, 0.15) is 110 Å². The summed E-state index contributed by atoms with van der Waals surface area (Å²) in [6.45, 7) is 3.61. The molecule has 252 valence electrons. The Morgan fingerprint density at radius 1 is 0.727 bits per heavy atom. The minimum atomic E-state index is -0.887. The Bertz CT molecular complexity index is 870. The normalized spacial score (nSPS) is 13.8. The van der Waals surface area contributed by atoms with E-state index in [1.807, 2.05) is 21.1 Å². The molecule has 44 heavy (non-hydrogen) atoms. The maximum Gasteiger partial charge on any atom is 0.362 e. The van der Waals surface area contributed by atoms with Gasteiger partial charge >= 0.3 is 17.9 Å². The number of carbonyl (C=O) groups excluding carboxylic acids is 2. The summed E-state index contributed by atoms with van der Waals surface area (Å²) >= 11 is 0. The molecule has 8 heteroatoms. The van der Waals surface area contributed by atoms with Crippen molar-refractivity contribution in [3.8, 4) is 0 Å². The van der Waals surface area contributed by atoms with Gasteiger partial charge in [0.25, 0.3) is 0 Å². The quantitative estimate of drug-likeness (QED) is 0.0413. The zero-order valence-electron chi connectivity index (χ0n) is 28.3. The fraction of sp³-hybridized carbons (Fsp3) is 0.694. The largest absolute Gasteiger partial charge is 0.477 e. The van der Waals surface area contributed by atoms with Crippen LogP contribution in [-0.2, 0) is 28.6 Å². The minimum Gasteiger partial charge on any atom is -0.477 e. The van der Waals surface area contributed by atoms with E-state index in [4.69, 9.17) is 14.2 Å². The van der Waals surface area contributed by atoms with E-state index >= 15 is 0 Å². The number of ether oxygens (including phenoxy) is 3. The molecule has 0 aliphatic carbocycles. The highest BCUT2D eigenvalue weighted by Gasteiger charge is 2.31. The molecule has 0 spiro atoms. The van der Waals surface area contributed by atoms with Gasteiger partial charge in [-0.3, -0.25) is 9.59 Å². The molecule has 8 nitrogen and oxygen atoms in total. The van der Waals surface area contributed by atoms with Crippen LogP contribution in [0, 0.1) is 0 Å². The summed E-state index contributed by atoms with van der Waals surface area (Å²) in [5.74, 6) is -1.69. The molecule has 0 aromatic carbocycles. The summed E-state index contributed by atoms with van der Waals surface area (Å²) in [5, 5.41) is 9.44. The lowest BCUT2D eigenvalue weighted by Gasteiger charge is -2.31. The highest BCUT2D eigenvalue weighted by molar-refractivity contribution is 5.72. The Morgan fingerprint density at radius 3 is 1.77 bits per heavy atom. The van der Waals surface area contributed by atoms with E-state index in [0.717, 1.165) is 51.4 Å². The van der Waals surface area contributed by atoms with Crippen molar-refractivity contribution in [2.75, 3.05) is 41.0 Å². The second-order valence-corrected chi connectivity index (χ2v) is 12.1. The Morgan fingerprint density at radius 2 is 1.25 bits per heavy atom. The molecule has 0 rings (SSSR count). The number of unbranched alkanes of at least 4 members (excludes halogenated alkanes) is 8. The Hall–Kier alpha value is -2.71. The standard InChI is InChI=1S/C36H61NO7/c1-6-7-8-9-10-11-12-13-14-15-16-17-18-19-20-21-22-23-24-25-26-27-35(39)44-33(31-43-32(2)38)30-42-29-28-34(36(40)41)37(3,4)5/h7-8,10-11,13-14,16-17,33-34H,6,9,12,15,18-31H2,1-5H3/p+1/b8-7-,11-10-,14-13-,17-16-. The van der Waals surface area contributed by atoms with Crippen LogP contribution < -0.4 is 0 Å². The molecule has 0 aliphatic rings. The first-order valence-corrected chi connectivity index (χ1v) is 16.6. The van der Waals surface area contributed by atoms with Crippen LogP contribution in [-0.4, -0.2) is 80.6 Å². The van der Waals surface area contributed by atoms with E-state index < -0.39 is 24.1 Å². The van der Waals surface area contributed by atoms with E-state index in [1.165, 1.54) is 39.0 Å². The zero-order chi connectivity index (χ0) is 32.9. The number of nitrogens with zero attached hydrogens (tertiary/aromatic N) is 1. The van der Waals surface area contributed by atoms with E-state index in [0.29, 0.717) is 12.8 Å².